The van der Waals surface area contributed by atoms with Crippen LogP contribution in [0.5, 0.6) is 0 Å². The first kappa shape index (κ1) is 22.9. The van der Waals surface area contributed by atoms with Gasteiger partial charge in [0.1, 0.15) is 0 Å². The van der Waals surface area contributed by atoms with Gasteiger partial charge < -0.3 is 15.3 Å². The van der Waals surface area contributed by atoms with E-state index in [0.717, 1.165) is 12.8 Å². The minimum atomic E-state index is -0.920. The van der Waals surface area contributed by atoms with Gasteiger partial charge in [0.15, 0.2) is 0 Å². The van der Waals surface area contributed by atoms with Crippen LogP contribution in [0, 0.1) is 0 Å². The largest absolute Gasteiger partial charge is 0.390 e. The molecule has 0 radical (unpaired) electrons. The highest BCUT2D eigenvalue weighted by molar-refractivity contribution is 4.76. The van der Waals surface area contributed by atoms with Crippen molar-refractivity contribution in [3.05, 3.63) is 0 Å². The Kier molecular flexibility index (Phi) is 14.2. The second-order valence-electron chi connectivity index (χ2n) is 7.83. The topological polar surface area (TPSA) is 60.7 Å². The summed E-state index contributed by atoms with van der Waals surface area (Å²) in [5.74, 6) is 0. The van der Waals surface area contributed by atoms with E-state index >= 15 is 0 Å². The normalized spacial score (nSPS) is 14.9. The molecule has 3 heteroatoms. The molecule has 0 aromatic heterocycles. The summed E-state index contributed by atoms with van der Waals surface area (Å²) in [5, 5.41) is 29.3. The molecule has 0 spiro atoms. The van der Waals surface area contributed by atoms with E-state index in [9.17, 15) is 15.3 Å². The summed E-state index contributed by atoms with van der Waals surface area (Å²) in [5.41, 5.74) is -0.920. The van der Waals surface area contributed by atoms with Crippen LogP contribution >= 0.6 is 0 Å². The Balaban J connectivity index is 3.32. The highest BCUT2D eigenvalue weighted by Gasteiger charge is 2.23. The number of rotatable bonds is 16. The number of aliphatic hydroxyl groups is 3. The molecular formula is C20H42O3. The molecule has 3 nitrogen and oxygen atoms in total. The van der Waals surface area contributed by atoms with Gasteiger partial charge in [-0.25, -0.2) is 0 Å². The minimum absolute atomic E-state index is 0.229. The molecule has 0 bridgehead atoms. The predicted molar refractivity (Wildman–Crippen MR) is 98.6 cm³/mol. The van der Waals surface area contributed by atoms with Gasteiger partial charge in [-0.05, 0) is 20.3 Å². The molecular weight excluding hydrogens is 288 g/mol. The number of aliphatic hydroxyl groups excluding tert-OH is 2. The summed E-state index contributed by atoms with van der Waals surface area (Å²) in [6.45, 7) is 5.58. The van der Waals surface area contributed by atoms with Gasteiger partial charge in [0.2, 0.25) is 0 Å². The van der Waals surface area contributed by atoms with Crippen molar-refractivity contribution in [1.29, 1.82) is 0 Å². The Morgan fingerprint density at radius 2 is 1.04 bits per heavy atom. The van der Waals surface area contributed by atoms with Gasteiger partial charge in [-0.15, -0.1) is 0 Å². The summed E-state index contributed by atoms with van der Waals surface area (Å²) in [6, 6.07) is 0. The quantitative estimate of drug-likeness (QED) is 0.350. The summed E-state index contributed by atoms with van der Waals surface area (Å²) < 4.78 is 0. The van der Waals surface area contributed by atoms with Gasteiger partial charge in [-0.3, -0.25) is 0 Å². The fourth-order valence-corrected chi connectivity index (χ4v) is 3.03. The molecule has 0 aromatic rings. The van der Waals surface area contributed by atoms with E-state index in [0.29, 0.717) is 6.42 Å². The van der Waals surface area contributed by atoms with Crippen molar-refractivity contribution in [2.75, 3.05) is 0 Å². The Labute approximate surface area is 144 Å². The zero-order valence-corrected chi connectivity index (χ0v) is 15.9. The van der Waals surface area contributed by atoms with Crippen LogP contribution in [0.3, 0.4) is 0 Å². The second-order valence-corrected chi connectivity index (χ2v) is 7.83. The highest BCUT2D eigenvalue weighted by atomic mass is 16.3. The van der Waals surface area contributed by atoms with Crippen molar-refractivity contribution in [3.63, 3.8) is 0 Å². The van der Waals surface area contributed by atoms with Gasteiger partial charge in [0, 0.05) is 6.42 Å². The number of hydrogen-bond acceptors (Lipinski definition) is 3. The molecule has 0 aromatic carbocycles. The van der Waals surface area contributed by atoms with Crippen LogP contribution in [0.2, 0.25) is 0 Å². The van der Waals surface area contributed by atoms with Crippen molar-refractivity contribution in [1.82, 2.24) is 0 Å². The third-order valence-electron chi connectivity index (χ3n) is 4.51. The van der Waals surface area contributed by atoms with Crippen molar-refractivity contribution in [3.8, 4) is 0 Å². The third-order valence-corrected chi connectivity index (χ3v) is 4.51. The van der Waals surface area contributed by atoms with Crippen LogP contribution < -0.4 is 0 Å². The average Bonchev–Trinajstić information content (AvgIpc) is 2.46. The lowest BCUT2D eigenvalue weighted by Gasteiger charge is -2.24. The lowest BCUT2D eigenvalue weighted by molar-refractivity contribution is -0.0423. The first-order chi connectivity index (χ1) is 10.9. The van der Waals surface area contributed by atoms with Crippen LogP contribution in [-0.2, 0) is 0 Å². The highest BCUT2D eigenvalue weighted by Crippen LogP contribution is 2.17. The molecule has 0 heterocycles. The third kappa shape index (κ3) is 16.5. The minimum Gasteiger partial charge on any atom is -0.390 e. The molecule has 0 fully saturated rings. The van der Waals surface area contributed by atoms with E-state index < -0.39 is 17.8 Å². The fraction of sp³-hybridized carbons (Fsp3) is 1.00. The number of hydrogen-bond donors (Lipinski definition) is 3. The summed E-state index contributed by atoms with van der Waals surface area (Å²) in [4.78, 5) is 0. The maximum Gasteiger partial charge on any atom is 0.0826 e. The molecule has 0 saturated carbocycles. The molecule has 0 rings (SSSR count). The monoisotopic (exact) mass is 330 g/mol. The van der Waals surface area contributed by atoms with E-state index in [1.807, 2.05) is 0 Å². The standard InChI is InChI=1S/C20H42O3/c1-4-5-6-7-8-9-10-11-12-13-14-15-16-18(21)19(22)17-20(2,3)23/h18-19,21-23H,4-17H2,1-3H3. The molecule has 23 heavy (non-hydrogen) atoms. The Hall–Kier alpha value is -0.120. The number of unbranched alkanes of at least 4 members (excludes halogenated alkanes) is 11. The first-order valence-electron chi connectivity index (χ1n) is 9.95. The fourth-order valence-electron chi connectivity index (χ4n) is 3.03. The average molecular weight is 331 g/mol. The van der Waals surface area contributed by atoms with Crippen LogP contribution in [-0.4, -0.2) is 33.1 Å². The predicted octanol–water partition coefficient (Wildman–Crippen LogP) is 4.96. The smallest absolute Gasteiger partial charge is 0.0826 e. The van der Waals surface area contributed by atoms with Crippen molar-refractivity contribution in [2.45, 2.75) is 128 Å². The van der Waals surface area contributed by atoms with E-state index in [1.165, 1.54) is 64.2 Å². The van der Waals surface area contributed by atoms with Crippen molar-refractivity contribution < 1.29 is 15.3 Å². The molecule has 140 valence electrons. The Morgan fingerprint density at radius 3 is 1.43 bits per heavy atom. The molecule has 0 aliphatic carbocycles. The lowest BCUT2D eigenvalue weighted by Crippen LogP contribution is -2.34. The second kappa shape index (κ2) is 14.2. The van der Waals surface area contributed by atoms with E-state index in [-0.39, 0.29) is 6.42 Å². The van der Waals surface area contributed by atoms with E-state index in [4.69, 9.17) is 0 Å². The van der Waals surface area contributed by atoms with Gasteiger partial charge in [0.05, 0.1) is 17.8 Å². The molecule has 2 atom stereocenters. The van der Waals surface area contributed by atoms with E-state index in [1.54, 1.807) is 13.8 Å². The molecule has 0 amide bonds. The first-order valence-corrected chi connectivity index (χ1v) is 9.95. The van der Waals surface area contributed by atoms with Crippen LogP contribution in [0.1, 0.15) is 111 Å². The summed E-state index contributed by atoms with van der Waals surface area (Å²) in [6.07, 6.45) is 14.9. The van der Waals surface area contributed by atoms with Gasteiger partial charge in [-0.2, -0.15) is 0 Å². The molecule has 3 N–H and O–H groups in total. The van der Waals surface area contributed by atoms with Gasteiger partial charge in [0.25, 0.3) is 0 Å². The maximum absolute atomic E-state index is 9.88. The summed E-state index contributed by atoms with van der Waals surface area (Å²) in [7, 11) is 0. The Morgan fingerprint density at radius 1 is 0.652 bits per heavy atom. The van der Waals surface area contributed by atoms with Crippen LogP contribution in [0.4, 0.5) is 0 Å². The van der Waals surface area contributed by atoms with Gasteiger partial charge in [-0.1, -0.05) is 84.0 Å². The zero-order chi connectivity index (χ0) is 17.6. The SMILES string of the molecule is CCCCCCCCCCCCCCC(O)C(O)CC(C)(C)O. The van der Waals surface area contributed by atoms with Gasteiger partial charge >= 0.3 is 0 Å². The molecule has 2 unspecified atom stereocenters. The van der Waals surface area contributed by atoms with Crippen LogP contribution in [0.15, 0.2) is 0 Å². The van der Waals surface area contributed by atoms with Crippen molar-refractivity contribution >= 4 is 0 Å². The van der Waals surface area contributed by atoms with Crippen molar-refractivity contribution in [2.24, 2.45) is 0 Å². The Bertz CT molecular complexity index is 248. The summed E-state index contributed by atoms with van der Waals surface area (Å²) >= 11 is 0. The molecule has 0 aliphatic heterocycles. The lowest BCUT2D eigenvalue weighted by atomic mass is 9.95. The maximum atomic E-state index is 9.88. The van der Waals surface area contributed by atoms with Crippen LogP contribution in [0.25, 0.3) is 0 Å². The molecule has 0 saturated heterocycles. The van der Waals surface area contributed by atoms with E-state index in [2.05, 4.69) is 6.92 Å². The zero-order valence-electron chi connectivity index (χ0n) is 15.9. The molecule has 0 aliphatic rings.